The minimum absolute atomic E-state index is 0.0758. The molecule has 2 heterocycles. The number of amides is 1. The van der Waals surface area contributed by atoms with Crippen LogP contribution in [0.1, 0.15) is 28.8 Å². The van der Waals surface area contributed by atoms with Crippen molar-refractivity contribution < 1.29 is 4.79 Å². The van der Waals surface area contributed by atoms with E-state index in [0.717, 1.165) is 42.3 Å². The predicted molar refractivity (Wildman–Crippen MR) is 101 cm³/mol. The van der Waals surface area contributed by atoms with Gasteiger partial charge in [0.2, 0.25) is 5.91 Å². The SMILES string of the molecule is Cn1c(=O)n(CC(=O)Nc2sc3c(c2C#N)CCCC3)c2ccccc21. The number of hydrogen-bond acceptors (Lipinski definition) is 4. The van der Waals surface area contributed by atoms with Gasteiger partial charge in [-0.1, -0.05) is 12.1 Å². The standard InChI is InChI=1S/C19H18N4O2S/c1-22-14-7-3-4-8-15(14)23(19(22)25)11-17(24)21-18-13(10-20)12-6-2-5-9-16(12)26-18/h3-4,7-8H,2,5-6,9,11H2,1H3,(H,21,24). The van der Waals surface area contributed by atoms with E-state index in [9.17, 15) is 14.9 Å². The first-order chi connectivity index (χ1) is 12.6. The number of aromatic nitrogens is 2. The quantitative estimate of drug-likeness (QED) is 0.774. The van der Waals surface area contributed by atoms with Crippen molar-refractivity contribution in [2.75, 3.05) is 5.32 Å². The zero-order valence-electron chi connectivity index (χ0n) is 14.4. The van der Waals surface area contributed by atoms with E-state index in [1.807, 2.05) is 24.3 Å². The number of nitriles is 1. The largest absolute Gasteiger partial charge is 0.329 e. The van der Waals surface area contributed by atoms with E-state index in [0.29, 0.717) is 10.6 Å². The van der Waals surface area contributed by atoms with Crippen molar-refractivity contribution >= 4 is 33.3 Å². The topological polar surface area (TPSA) is 79.8 Å². The molecule has 0 atom stereocenters. The Bertz CT molecular complexity index is 1110. The number of nitrogens with one attached hydrogen (secondary N) is 1. The first kappa shape index (κ1) is 16.6. The van der Waals surface area contributed by atoms with Gasteiger partial charge in [-0.3, -0.25) is 13.9 Å². The number of benzene rings is 1. The monoisotopic (exact) mass is 366 g/mol. The van der Waals surface area contributed by atoms with Gasteiger partial charge in [0, 0.05) is 11.9 Å². The summed E-state index contributed by atoms with van der Waals surface area (Å²) in [6.07, 6.45) is 4.06. The van der Waals surface area contributed by atoms with Crippen LogP contribution < -0.4 is 11.0 Å². The fourth-order valence-electron chi connectivity index (χ4n) is 3.60. The summed E-state index contributed by atoms with van der Waals surface area (Å²) >= 11 is 1.49. The van der Waals surface area contributed by atoms with Crippen LogP contribution in [0, 0.1) is 11.3 Å². The number of para-hydroxylation sites is 2. The zero-order chi connectivity index (χ0) is 18.3. The lowest BCUT2D eigenvalue weighted by Crippen LogP contribution is -2.28. The van der Waals surface area contributed by atoms with E-state index in [-0.39, 0.29) is 18.1 Å². The van der Waals surface area contributed by atoms with Gasteiger partial charge in [-0.05, 0) is 43.4 Å². The molecule has 0 spiro atoms. The summed E-state index contributed by atoms with van der Waals surface area (Å²) < 4.78 is 3.00. The van der Waals surface area contributed by atoms with Crippen LogP contribution in [0.15, 0.2) is 29.1 Å². The smallest absolute Gasteiger partial charge is 0.315 e. The van der Waals surface area contributed by atoms with Crippen LogP contribution in [0.5, 0.6) is 0 Å². The Balaban J connectivity index is 1.63. The maximum atomic E-state index is 12.6. The summed E-state index contributed by atoms with van der Waals surface area (Å²) in [5.74, 6) is -0.293. The number of nitrogens with zero attached hydrogens (tertiary/aromatic N) is 3. The minimum atomic E-state index is -0.293. The molecule has 0 saturated heterocycles. The van der Waals surface area contributed by atoms with Crippen molar-refractivity contribution in [1.29, 1.82) is 5.26 Å². The van der Waals surface area contributed by atoms with Crippen molar-refractivity contribution in [2.45, 2.75) is 32.2 Å². The highest BCUT2D eigenvalue weighted by atomic mass is 32.1. The normalized spacial score (nSPS) is 13.4. The van der Waals surface area contributed by atoms with Gasteiger partial charge >= 0.3 is 5.69 Å². The maximum absolute atomic E-state index is 12.6. The summed E-state index contributed by atoms with van der Waals surface area (Å²) in [6, 6.07) is 9.63. The molecule has 1 aromatic carbocycles. The molecule has 4 rings (SSSR count). The van der Waals surface area contributed by atoms with E-state index in [2.05, 4.69) is 11.4 Å². The number of fused-ring (bicyclic) bond motifs is 2. The highest BCUT2D eigenvalue weighted by Crippen LogP contribution is 2.37. The third kappa shape index (κ3) is 2.63. The molecule has 3 aromatic rings. The lowest BCUT2D eigenvalue weighted by Gasteiger charge is -2.09. The van der Waals surface area contributed by atoms with Crippen molar-refractivity contribution in [3.05, 3.63) is 50.8 Å². The summed E-state index contributed by atoms with van der Waals surface area (Å²) in [7, 11) is 1.69. The fourth-order valence-corrected chi connectivity index (χ4v) is 4.85. The van der Waals surface area contributed by atoms with Crippen LogP contribution in [0.2, 0.25) is 0 Å². The number of aryl methyl sites for hydroxylation is 2. The van der Waals surface area contributed by atoms with Crippen LogP contribution in [0.4, 0.5) is 5.00 Å². The van der Waals surface area contributed by atoms with Crippen molar-refractivity contribution in [1.82, 2.24) is 9.13 Å². The van der Waals surface area contributed by atoms with Gasteiger partial charge in [0.1, 0.15) is 17.6 Å². The number of carbonyl (C=O) groups is 1. The Morgan fingerprint density at radius 2 is 2.00 bits per heavy atom. The lowest BCUT2D eigenvalue weighted by molar-refractivity contribution is -0.116. The van der Waals surface area contributed by atoms with Crippen LogP contribution in [-0.4, -0.2) is 15.0 Å². The zero-order valence-corrected chi connectivity index (χ0v) is 15.2. The molecule has 0 unspecified atom stereocenters. The second-order valence-corrected chi connectivity index (χ2v) is 7.60. The molecule has 0 radical (unpaired) electrons. The molecular weight excluding hydrogens is 348 g/mol. The molecule has 6 nitrogen and oxygen atoms in total. The minimum Gasteiger partial charge on any atom is -0.315 e. The average molecular weight is 366 g/mol. The Kier molecular flexibility index (Phi) is 4.13. The van der Waals surface area contributed by atoms with Gasteiger partial charge in [0.05, 0.1) is 16.6 Å². The van der Waals surface area contributed by atoms with Gasteiger partial charge in [-0.15, -0.1) is 11.3 Å². The van der Waals surface area contributed by atoms with Crippen molar-refractivity contribution in [2.24, 2.45) is 7.05 Å². The summed E-state index contributed by atoms with van der Waals surface area (Å²) in [4.78, 5) is 26.2. The lowest BCUT2D eigenvalue weighted by atomic mass is 9.96. The highest BCUT2D eigenvalue weighted by molar-refractivity contribution is 7.16. The molecule has 132 valence electrons. The number of carbonyl (C=O) groups excluding carboxylic acids is 1. The van der Waals surface area contributed by atoms with E-state index in [1.54, 1.807) is 7.05 Å². The van der Waals surface area contributed by atoms with Crippen molar-refractivity contribution in [3.8, 4) is 6.07 Å². The fraction of sp³-hybridized carbons (Fsp3) is 0.316. The molecular formula is C19H18N4O2S. The van der Waals surface area contributed by atoms with E-state index < -0.39 is 0 Å². The second kappa shape index (κ2) is 6.46. The van der Waals surface area contributed by atoms with Crippen LogP contribution in [0.3, 0.4) is 0 Å². The molecule has 2 aromatic heterocycles. The average Bonchev–Trinajstić information content (AvgIpc) is 3.12. The van der Waals surface area contributed by atoms with E-state index in [4.69, 9.17) is 0 Å². The van der Waals surface area contributed by atoms with Crippen LogP contribution >= 0.6 is 11.3 Å². The molecule has 0 aliphatic heterocycles. The third-order valence-corrected chi connectivity index (χ3v) is 6.10. The Morgan fingerprint density at radius 3 is 2.77 bits per heavy atom. The van der Waals surface area contributed by atoms with Gasteiger partial charge in [-0.25, -0.2) is 4.79 Å². The van der Waals surface area contributed by atoms with Crippen LogP contribution in [-0.2, 0) is 31.2 Å². The van der Waals surface area contributed by atoms with Gasteiger partial charge < -0.3 is 5.32 Å². The molecule has 0 bridgehead atoms. The maximum Gasteiger partial charge on any atom is 0.329 e. The number of hydrogen-bond donors (Lipinski definition) is 1. The molecule has 0 saturated carbocycles. The predicted octanol–water partition coefficient (Wildman–Crippen LogP) is 2.79. The summed E-state index contributed by atoms with van der Waals surface area (Å²) in [5.41, 5.74) is 2.95. The molecule has 1 aliphatic rings. The van der Waals surface area contributed by atoms with E-state index >= 15 is 0 Å². The molecule has 7 heteroatoms. The van der Waals surface area contributed by atoms with Crippen molar-refractivity contribution in [3.63, 3.8) is 0 Å². The number of rotatable bonds is 3. The second-order valence-electron chi connectivity index (χ2n) is 6.49. The molecule has 1 N–H and O–H groups in total. The Morgan fingerprint density at radius 1 is 1.27 bits per heavy atom. The number of imidazole rings is 1. The van der Waals surface area contributed by atoms with Gasteiger partial charge in [0.15, 0.2) is 0 Å². The molecule has 26 heavy (non-hydrogen) atoms. The first-order valence-electron chi connectivity index (χ1n) is 8.59. The third-order valence-electron chi connectivity index (χ3n) is 4.89. The molecule has 1 amide bonds. The van der Waals surface area contributed by atoms with E-state index in [1.165, 1.54) is 25.3 Å². The summed E-state index contributed by atoms with van der Waals surface area (Å²) in [6.45, 7) is -0.0758. The molecule has 1 aliphatic carbocycles. The van der Waals surface area contributed by atoms with Gasteiger partial charge in [0.25, 0.3) is 0 Å². The summed E-state index contributed by atoms with van der Waals surface area (Å²) in [5, 5.41) is 13.0. The highest BCUT2D eigenvalue weighted by Gasteiger charge is 2.22. The Labute approximate surface area is 154 Å². The van der Waals surface area contributed by atoms with Crippen LogP contribution in [0.25, 0.3) is 11.0 Å². The van der Waals surface area contributed by atoms with Gasteiger partial charge in [-0.2, -0.15) is 5.26 Å². The first-order valence-corrected chi connectivity index (χ1v) is 9.40. The number of anilines is 1. The Hall–Kier alpha value is -2.85. The number of thiophene rings is 1. The molecule has 0 fully saturated rings.